The number of aromatic amines is 1. The number of halogens is 4. The Bertz CT molecular complexity index is 1290. The molecule has 0 atom stereocenters. The Morgan fingerprint density at radius 3 is 2.63 bits per heavy atom. The summed E-state index contributed by atoms with van der Waals surface area (Å²) in [6.07, 6.45) is -2.12. The van der Waals surface area contributed by atoms with Crippen LogP contribution in [0.4, 0.5) is 17.6 Å². The Balaban J connectivity index is 2.05. The molecule has 2 aromatic heterocycles. The lowest BCUT2D eigenvalue weighted by molar-refractivity contribution is 0.116. The number of aryl methyl sites for hydroxylation is 1. The number of hydrogen-bond acceptors (Lipinski definition) is 6. The lowest BCUT2D eigenvalue weighted by Gasteiger charge is -2.15. The van der Waals surface area contributed by atoms with E-state index in [0.29, 0.717) is 12.8 Å². The fourth-order valence-corrected chi connectivity index (χ4v) is 4.83. The maximum Gasteiger partial charge on any atom is 0.326 e. The van der Waals surface area contributed by atoms with Gasteiger partial charge in [-0.15, -0.1) is 10.2 Å². The largest absolute Gasteiger partial charge is 0.415 e. The first-order chi connectivity index (χ1) is 14.1. The topological polar surface area (TPSA) is 123 Å². The standard InChI is InChI=1S/C16H15F4N5O4S/c1-16(2-3-16)24-30(27,28)11-7(18)6-8-10(21-15(26)25(8)5-4-17)9(11)13-22-23-14(29-13)12(19)20/h6,12,24H,2-5H2,1H3,(H,21,26). The van der Waals surface area contributed by atoms with Crippen molar-refractivity contribution in [3.8, 4) is 11.5 Å². The van der Waals surface area contributed by atoms with Gasteiger partial charge in [0.2, 0.25) is 10.0 Å². The van der Waals surface area contributed by atoms with Gasteiger partial charge in [0.25, 0.3) is 11.8 Å². The highest BCUT2D eigenvalue weighted by Gasteiger charge is 2.43. The van der Waals surface area contributed by atoms with Crippen molar-refractivity contribution in [1.82, 2.24) is 24.5 Å². The molecule has 14 heteroatoms. The van der Waals surface area contributed by atoms with Crippen molar-refractivity contribution in [2.75, 3.05) is 6.67 Å². The van der Waals surface area contributed by atoms with Gasteiger partial charge in [0.1, 0.15) is 17.4 Å². The van der Waals surface area contributed by atoms with Gasteiger partial charge in [0.05, 0.1) is 23.1 Å². The summed E-state index contributed by atoms with van der Waals surface area (Å²) in [5, 5.41) is 6.55. The maximum absolute atomic E-state index is 15.1. The van der Waals surface area contributed by atoms with E-state index in [1.54, 1.807) is 6.92 Å². The molecule has 0 saturated heterocycles. The van der Waals surface area contributed by atoms with Crippen LogP contribution in [0.2, 0.25) is 0 Å². The molecule has 1 saturated carbocycles. The number of fused-ring (bicyclic) bond motifs is 1. The molecule has 0 amide bonds. The summed E-state index contributed by atoms with van der Waals surface area (Å²) >= 11 is 0. The van der Waals surface area contributed by atoms with E-state index < -0.39 is 69.0 Å². The third kappa shape index (κ3) is 3.39. The molecule has 1 aromatic carbocycles. The smallest absolute Gasteiger partial charge is 0.326 e. The van der Waals surface area contributed by atoms with E-state index in [0.717, 1.165) is 10.6 Å². The van der Waals surface area contributed by atoms with Crippen molar-refractivity contribution in [3.63, 3.8) is 0 Å². The lowest BCUT2D eigenvalue weighted by Crippen LogP contribution is -2.35. The van der Waals surface area contributed by atoms with Gasteiger partial charge in [-0.25, -0.2) is 26.7 Å². The Morgan fingerprint density at radius 2 is 2.07 bits per heavy atom. The number of sulfonamides is 1. The van der Waals surface area contributed by atoms with E-state index in [1.165, 1.54) is 0 Å². The molecule has 0 unspecified atom stereocenters. The number of imidazole rings is 1. The first kappa shape index (κ1) is 20.5. The SMILES string of the molecule is CC1(NS(=O)(=O)c2c(F)cc3c([nH]c(=O)n3CCF)c2-c2nnc(C(F)F)o2)CC1. The van der Waals surface area contributed by atoms with Crippen LogP contribution in [0.3, 0.4) is 0 Å². The van der Waals surface area contributed by atoms with Crippen molar-refractivity contribution < 1.29 is 30.4 Å². The molecule has 0 spiro atoms. The molecule has 1 aliphatic rings. The molecular weight excluding hydrogens is 434 g/mol. The highest BCUT2D eigenvalue weighted by molar-refractivity contribution is 7.89. The second-order valence-electron chi connectivity index (χ2n) is 7.14. The van der Waals surface area contributed by atoms with Crippen LogP contribution in [0, 0.1) is 5.82 Å². The summed E-state index contributed by atoms with van der Waals surface area (Å²) in [7, 11) is -4.53. The van der Waals surface area contributed by atoms with Crippen LogP contribution < -0.4 is 10.4 Å². The fourth-order valence-electron chi connectivity index (χ4n) is 3.10. The van der Waals surface area contributed by atoms with Gasteiger partial charge in [0, 0.05) is 11.6 Å². The molecule has 3 aromatic rings. The van der Waals surface area contributed by atoms with Crippen molar-refractivity contribution >= 4 is 21.1 Å². The van der Waals surface area contributed by atoms with E-state index in [9.17, 15) is 26.4 Å². The van der Waals surface area contributed by atoms with Crippen molar-refractivity contribution in [1.29, 1.82) is 0 Å². The van der Waals surface area contributed by atoms with Gasteiger partial charge >= 0.3 is 12.1 Å². The van der Waals surface area contributed by atoms with Crippen LogP contribution in [0.25, 0.3) is 22.5 Å². The second-order valence-corrected chi connectivity index (χ2v) is 8.76. The van der Waals surface area contributed by atoms with Gasteiger partial charge in [0.15, 0.2) is 0 Å². The molecule has 1 aliphatic carbocycles. The Morgan fingerprint density at radius 1 is 1.37 bits per heavy atom. The number of benzene rings is 1. The minimum absolute atomic E-state index is 0.182. The van der Waals surface area contributed by atoms with Crippen molar-refractivity contribution in [2.45, 2.75) is 43.2 Å². The highest BCUT2D eigenvalue weighted by atomic mass is 32.2. The zero-order chi connectivity index (χ0) is 21.8. The van der Waals surface area contributed by atoms with E-state index in [-0.39, 0.29) is 11.0 Å². The zero-order valence-corrected chi connectivity index (χ0v) is 16.2. The number of nitrogens with one attached hydrogen (secondary N) is 2. The minimum Gasteiger partial charge on any atom is -0.415 e. The quantitative estimate of drug-likeness (QED) is 0.534. The predicted molar refractivity (Wildman–Crippen MR) is 94.7 cm³/mol. The molecule has 2 N–H and O–H groups in total. The predicted octanol–water partition coefficient (Wildman–Crippen LogP) is 2.26. The number of alkyl halides is 3. The monoisotopic (exact) mass is 449 g/mol. The van der Waals surface area contributed by atoms with Crippen molar-refractivity contribution in [2.24, 2.45) is 0 Å². The van der Waals surface area contributed by atoms with Gasteiger partial charge < -0.3 is 9.40 Å². The molecule has 30 heavy (non-hydrogen) atoms. The molecule has 1 fully saturated rings. The number of hydrogen-bond donors (Lipinski definition) is 2. The molecule has 0 bridgehead atoms. The van der Waals surface area contributed by atoms with E-state index in [4.69, 9.17) is 4.42 Å². The summed E-state index contributed by atoms with van der Waals surface area (Å²) in [6.45, 7) is 0.216. The van der Waals surface area contributed by atoms with Crippen LogP contribution >= 0.6 is 0 Å². The van der Waals surface area contributed by atoms with Crippen LogP contribution in [0.1, 0.15) is 32.1 Å². The third-order valence-corrected chi connectivity index (χ3v) is 6.48. The summed E-state index contributed by atoms with van der Waals surface area (Å²) in [5.41, 5.74) is -2.67. The first-order valence-corrected chi connectivity index (χ1v) is 10.2. The average Bonchev–Trinajstić information content (AvgIpc) is 3.05. The maximum atomic E-state index is 15.1. The summed E-state index contributed by atoms with van der Waals surface area (Å²) < 4.78 is 87.7. The van der Waals surface area contributed by atoms with Crippen molar-refractivity contribution in [3.05, 3.63) is 28.3 Å². The Labute approximate surface area is 166 Å². The fraction of sp³-hybridized carbons (Fsp3) is 0.438. The van der Waals surface area contributed by atoms with Gasteiger partial charge in [-0.3, -0.25) is 4.57 Å². The van der Waals surface area contributed by atoms with Gasteiger partial charge in [-0.2, -0.15) is 8.78 Å². The van der Waals surface area contributed by atoms with Crippen LogP contribution in [-0.2, 0) is 16.6 Å². The molecule has 4 rings (SSSR count). The van der Waals surface area contributed by atoms with Gasteiger partial charge in [-0.05, 0) is 19.8 Å². The molecule has 162 valence electrons. The first-order valence-electron chi connectivity index (χ1n) is 8.73. The number of nitrogens with zero attached hydrogens (tertiary/aromatic N) is 3. The second kappa shape index (κ2) is 6.91. The van der Waals surface area contributed by atoms with E-state index in [2.05, 4.69) is 19.9 Å². The minimum atomic E-state index is -4.53. The van der Waals surface area contributed by atoms with E-state index >= 15 is 4.39 Å². The Hall–Kier alpha value is -2.74. The molecule has 0 radical (unpaired) electrons. The molecule has 9 nitrogen and oxygen atoms in total. The number of H-pyrrole nitrogens is 1. The highest BCUT2D eigenvalue weighted by Crippen LogP contribution is 2.40. The van der Waals surface area contributed by atoms with Crippen LogP contribution in [0.15, 0.2) is 20.2 Å². The molecule has 2 heterocycles. The molecular formula is C16H15F4N5O4S. The number of aromatic nitrogens is 4. The average molecular weight is 449 g/mol. The number of rotatable bonds is 7. The van der Waals surface area contributed by atoms with E-state index in [1.807, 2.05) is 0 Å². The summed E-state index contributed by atoms with van der Waals surface area (Å²) in [6, 6.07) is 0.751. The molecule has 0 aliphatic heterocycles. The Kier molecular flexibility index (Phi) is 4.73. The van der Waals surface area contributed by atoms with Crippen LogP contribution in [-0.4, -0.2) is 40.4 Å². The van der Waals surface area contributed by atoms with Gasteiger partial charge in [-0.1, -0.05) is 0 Å². The normalized spacial score (nSPS) is 15.9. The zero-order valence-electron chi connectivity index (χ0n) is 15.4. The summed E-state index contributed by atoms with van der Waals surface area (Å²) in [4.78, 5) is 13.6. The summed E-state index contributed by atoms with van der Waals surface area (Å²) in [5.74, 6) is -3.14. The van der Waals surface area contributed by atoms with Crippen LogP contribution in [0.5, 0.6) is 0 Å². The lowest BCUT2D eigenvalue weighted by atomic mass is 10.1. The third-order valence-electron chi connectivity index (χ3n) is 4.78.